The molecule has 1 amide bonds. The molecule has 2 aromatic carbocycles. The number of carbonyl (C=O) groups is 2. The van der Waals surface area contributed by atoms with Crippen LogP contribution in [0.15, 0.2) is 49.3 Å². The Morgan fingerprint density at radius 1 is 1.34 bits per heavy atom. The Morgan fingerprint density at radius 3 is 2.95 bits per heavy atom. The number of hydrogen-bond donors (Lipinski definition) is 2. The third kappa shape index (κ3) is 6.94. The van der Waals surface area contributed by atoms with Crippen LogP contribution < -0.4 is 15.4 Å². The van der Waals surface area contributed by atoms with Crippen molar-refractivity contribution in [1.29, 1.82) is 0 Å². The lowest BCUT2D eigenvalue weighted by Crippen LogP contribution is -2.47. The van der Waals surface area contributed by atoms with Gasteiger partial charge in [0, 0.05) is 37.3 Å². The second-order valence-electron chi connectivity index (χ2n) is 8.54. The number of nitrogens with zero attached hydrogens (tertiary/aromatic N) is 3. The van der Waals surface area contributed by atoms with Gasteiger partial charge in [-0.05, 0) is 36.8 Å². The molecule has 0 bridgehead atoms. The van der Waals surface area contributed by atoms with Crippen molar-refractivity contribution in [3.8, 4) is 5.75 Å². The van der Waals surface area contributed by atoms with Crippen molar-refractivity contribution >= 4 is 51.6 Å². The smallest absolute Gasteiger partial charge is 0.320 e. The number of cyclic esters (lactones) is 1. The number of rotatable bonds is 11. The molecule has 38 heavy (non-hydrogen) atoms. The maximum absolute atomic E-state index is 13.6. The van der Waals surface area contributed by atoms with Crippen LogP contribution in [0, 0.1) is 5.82 Å². The summed E-state index contributed by atoms with van der Waals surface area (Å²) in [5.41, 5.74) is 1.49. The first-order valence-electron chi connectivity index (χ1n) is 11.8. The van der Waals surface area contributed by atoms with Gasteiger partial charge in [0.05, 0.1) is 36.0 Å². The van der Waals surface area contributed by atoms with Gasteiger partial charge in [-0.15, -0.1) is 0 Å². The summed E-state index contributed by atoms with van der Waals surface area (Å²) >= 11 is 5.90. The normalized spacial score (nSPS) is 15.7. The summed E-state index contributed by atoms with van der Waals surface area (Å²) < 4.78 is 29.9. The van der Waals surface area contributed by atoms with Gasteiger partial charge in [-0.2, -0.15) is 0 Å². The van der Waals surface area contributed by atoms with E-state index in [9.17, 15) is 14.0 Å². The maximum Gasteiger partial charge on any atom is 0.320 e. The molecule has 0 spiro atoms. The van der Waals surface area contributed by atoms with E-state index in [0.717, 1.165) is 6.08 Å². The predicted octanol–water partition coefficient (Wildman–Crippen LogP) is 3.93. The number of hydrogen-bond acceptors (Lipinski definition) is 9. The van der Waals surface area contributed by atoms with Crippen LogP contribution in [0.5, 0.6) is 5.75 Å². The number of aromatic nitrogens is 2. The van der Waals surface area contributed by atoms with E-state index >= 15 is 0 Å². The SMILES string of the molecule is C=CC(=O)Nc1cc2c(Nc3ccc(F)c(Cl)c3)ncnc2cc1OCCCN1CC(=O)OC(COC)C1. The molecule has 2 N–H and O–H groups in total. The molecule has 2 heterocycles. The summed E-state index contributed by atoms with van der Waals surface area (Å²) in [5.74, 6) is -0.383. The average Bonchev–Trinajstić information content (AvgIpc) is 2.89. The monoisotopic (exact) mass is 543 g/mol. The van der Waals surface area contributed by atoms with Crippen molar-refractivity contribution in [2.45, 2.75) is 12.5 Å². The average molecular weight is 544 g/mol. The highest BCUT2D eigenvalue weighted by atomic mass is 35.5. The minimum absolute atomic E-state index is 0.0290. The van der Waals surface area contributed by atoms with Crippen molar-refractivity contribution in [2.75, 3.05) is 50.6 Å². The minimum atomic E-state index is -0.531. The summed E-state index contributed by atoms with van der Waals surface area (Å²) in [5, 5.41) is 6.42. The zero-order chi connectivity index (χ0) is 27.1. The lowest BCUT2D eigenvalue weighted by atomic mass is 10.1. The van der Waals surface area contributed by atoms with E-state index in [1.165, 1.54) is 24.5 Å². The fourth-order valence-electron chi connectivity index (χ4n) is 4.00. The number of halogens is 2. The van der Waals surface area contributed by atoms with Crippen molar-refractivity contribution in [3.63, 3.8) is 0 Å². The summed E-state index contributed by atoms with van der Waals surface area (Å²) in [6.07, 6.45) is 2.87. The van der Waals surface area contributed by atoms with E-state index in [-0.39, 0.29) is 23.6 Å². The highest BCUT2D eigenvalue weighted by molar-refractivity contribution is 6.31. The van der Waals surface area contributed by atoms with E-state index in [1.807, 2.05) is 4.90 Å². The van der Waals surface area contributed by atoms with Crippen LogP contribution in [-0.4, -0.2) is 72.8 Å². The van der Waals surface area contributed by atoms with Crippen LogP contribution in [0.1, 0.15) is 6.42 Å². The molecule has 12 heteroatoms. The number of morpholine rings is 1. The summed E-state index contributed by atoms with van der Waals surface area (Å²) in [6.45, 7) is 5.59. The summed E-state index contributed by atoms with van der Waals surface area (Å²) in [4.78, 5) is 34.6. The number of fused-ring (bicyclic) bond motifs is 1. The molecule has 0 aliphatic carbocycles. The Hall–Kier alpha value is -3.80. The largest absolute Gasteiger partial charge is 0.491 e. The molecule has 200 valence electrons. The van der Waals surface area contributed by atoms with Gasteiger partial charge >= 0.3 is 5.97 Å². The Balaban J connectivity index is 1.50. The molecule has 1 aliphatic heterocycles. The molecule has 1 saturated heterocycles. The van der Waals surface area contributed by atoms with Gasteiger partial charge in [0.1, 0.15) is 29.8 Å². The predicted molar refractivity (Wildman–Crippen MR) is 141 cm³/mol. The molecule has 1 aromatic heterocycles. The fraction of sp³-hybridized carbons (Fsp3) is 0.308. The molecule has 1 aliphatic rings. The van der Waals surface area contributed by atoms with Gasteiger partial charge < -0.3 is 24.8 Å². The van der Waals surface area contributed by atoms with Crippen LogP contribution >= 0.6 is 11.6 Å². The standard InChI is InChI=1S/C26H27ClFN5O5/c1-3-24(34)32-22-10-18-21(29-15-30-26(18)31-16-5-6-20(28)19(27)9-16)11-23(22)37-8-4-7-33-12-17(14-36-2)38-25(35)13-33/h3,5-6,9-11,15,17H,1,4,7-8,12-14H2,2H3,(H,32,34)(H,29,30,31). The van der Waals surface area contributed by atoms with E-state index in [2.05, 4.69) is 27.2 Å². The molecule has 0 radical (unpaired) electrons. The number of esters is 1. The maximum atomic E-state index is 13.6. The Labute approximate surface area is 223 Å². The third-order valence-electron chi connectivity index (χ3n) is 5.70. The molecule has 1 atom stereocenters. The zero-order valence-electron chi connectivity index (χ0n) is 20.7. The lowest BCUT2D eigenvalue weighted by Gasteiger charge is -2.31. The van der Waals surface area contributed by atoms with Crippen molar-refractivity contribution < 1.29 is 28.2 Å². The lowest BCUT2D eigenvalue weighted by molar-refractivity contribution is -0.162. The number of amides is 1. The number of benzene rings is 2. The zero-order valence-corrected chi connectivity index (χ0v) is 21.5. The van der Waals surface area contributed by atoms with Crippen LogP contribution in [0.25, 0.3) is 10.9 Å². The fourth-order valence-corrected chi connectivity index (χ4v) is 4.18. The second-order valence-corrected chi connectivity index (χ2v) is 8.95. The number of ether oxygens (including phenoxy) is 3. The molecule has 4 rings (SSSR count). The first kappa shape index (κ1) is 27.2. The van der Waals surface area contributed by atoms with Gasteiger partial charge in [-0.3, -0.25) is 14.5 Å². The van der Waals surface area contributed by atoms with E-state index in [0.29, 0.717) is 66.6 Å². The summed E-state index contributed by atoms with van der Waals surface area (Å²) in [6, 6.07) is 7.62. The van der Waals surface area contributed by atoms with E-state index < -0.39 is 11.7 Å². The van der Waals surface area contributed by atoms with Gasteiger partial charge in [0.15, 0.2) is 0 Å². The quantitative estimate of drug-likeness (QED) is 0.211. The Morgan fingerprint density at radius 2 is 2.18 bits per heavy atom. The van der Waals surface area contributed by atoms with Crippen LogP contribution in [0.3, 0.4) is 0 Å². The molecular formula is C26H27ClFN5O5. The molecule has 1 fully saturated rings. The highest BCUT2D eigenvalue weighted by Crippen LogP contribution is 2.34. The van der Waals surface area contributed by atoms with Gasteiger partial charge in [-0.1, -0.05) is 18.2 Å². The van der Waals surface area contributed by atoms with E-state index in [1.54, 1.807) is 19.2 Å². The molecule has 3 aromatic rings. The molecule has 10 nitrogen and oxygen atoms in total. The van der Waals surface area contributed by atoms with Crippen LogP contribution in [0.2, 0.25) is 5.02 Å². The Kier molecular flexibility index (Phi) is 9.06. The summed E-state index contributed by atoms with van der Waals surface area (Å²) in [7, 11) is 1.56. The van der Waals surface area contributed by atoms with Crippen molar-refractivity contribution in [2.24, 2.45) is 0 Å². The minimum Gasteiger partial charge on any atom is -0.491 e. The van der Waals surface area contributed by atoms with Gasteiger partial charge in [0.2, 0.25) is 5.91 Å². The molecule has 1 unspecified atom stereocenters. The number of nitrogens with one attached hydrogen (secondary N) is 2. The topological polar surface area (TPSA) is 115 Å². The van der Waals surface area contributed by atoms with Crippen LogP contribution in [0.4, 0.5) is 21.6 Å². The number of carbonyl (C=O) groups excluding carboxylic acids is 2. The molecular weight excluding hydrogens is 517 g/mol. The second kappa shape index (κ2) is 12.6. The first-order valence-corrected chi connectivity index (χ1v) is 12.2. The number of anilines is 3. The third-order valence-corrected chi connectivity index (χ3v) is 5.99. The van der Waals surface area contributed by atoms with E-state index in [4.69, 9.17) is 25.8 Å². The van der Waals surface area contributed by atoms with Crippen LogP contribution in [-0.2, 0) is 19.1 Å². The van der Waals surface area contributed by atoms with Gasteiger partial charge in [-0.25, -0.2) is 14.4 Å². The van der Waals surface area contributed by atoms with Crippen molar-refractivity contribution in [3.05, 3.63) is 60.2 Å². The van der Waals surface area contributed by atoms with Crippen molar-refractivity contribution in [1.82, 2.24) is 14.9 Å². The molecule has 0 saturated carbocycles. The number of methoxy groups -OCH3 is 1. The first-order chi connectivity index (χ1) is 18.4. The van der Waals surface area contributed by atoms with Gasteiger partial charge in [0.25, 0.3) is 0 Å². The highest BCUT2D eigenvalue weighted by Gasteiger charge is 2.26. The Bertz CT molecular complexity index is 1340.